The number of hydrogen-bond donors (Lipinski definition) is 0. The summed E-state index contributed by atoms with van der Waals surface area (Å²) in [7, 11) is 0. The second-order valence-electron chi connectivity index (χ2n) is 7.21. The fraction of sp³-hybridized carbons (Fsp3) is 0.824. The summed E-state index contributed by atoms with van der Waals surface area (Å²) in [4.78, 5) is 21.1. The summed E-state index contributed by atoms with van der Waals surface area (Å²) < 4.78 is 11.1. The first-order valence-corrected chi connectivity index (χ1v) is 9.22. The standard InChI is InChI=1S/C17H26N4O3/c22-16(21-7-1-2-8-21)12-20(10-14-4-3-9-23-14)11-15-18-17(19-24-15)13-5-6-13/h13-14H,1-12H2/t14-/m1/s1. The monoisotopic (exact) mass is 334 g/mol. The number of ether oxygens (including phenoxy) is 1. The molecule has 2 saturated heterocycles. The Balaban J connectivity index is 1.38. The number of hydrogen-bond acceptors (Lipinski definition) is 6. The molecule has 0 aromatic carbocycles. The van der Waals surface area contributed by atoms with Gasteiger partial charge in [0.25, 0.3) is 0 Å². The van der Waals surface area contributed by atoms with Crippen LogP contribution >= 0.6 is 0 Å². The maximum Gasteiger partial charge on any atom is 0.240 e. The largest absolute Gasteiger partial charge is 0.377 e. The van der Waals surface area contributed by atoms with Crippen molar-refractivity contribution >= 4 is 5.91 Å². The number of carbonyl (C=O) groups excluding carboxylic acids is 1. The average Bonchev–Trinajstić information content (AvgIpc) is 3.03. The molecule has 1 aromatic heterocycles. The third kappa shape index (κ3) is 3.95. The van der Waals surface area contributed by atoms with Gasteiger partial charge in [-0.25, -0.2) is 0 Å². The van der Waals surface area contributed by atoms with E-state index in [4.69, 9.17) is 9.26 Å². The summed E-state index contributed by atoms with van der Waals surface area (Å²) in [6.07, 6.45) is 6.93. The molecule has 2 aliphatic heterocycles. The molecule has 0 radical (unpaired) electrons. The Hall–Kier alpha value is -1.47. The fourth-order valence-electron chi connectivity index (χ4n) is 3.55. The predicted octanol–water partition coefficient (Wildman–Crippen LogP) is 1.55. The van der Waals surface area contributed by atoms with Gasteiger partial charge in [0.2, 0.25) is 11.8 Å². The topological polar surface area (TPSA) is 71.7 Å². The molecule has 0 bridgehead atoms. The van der Waals surface area contributed by atoms with Crippen LogP contribution < -0.4 is 0 Å². The minimum atomic E-state index is 0.201. The summed E-state index contributed by atoms with van der Waals surface area (Å²) in [6.45, 7) is 4.28. The van der Waals surface area contributed by atoms with Crippen LogP contribution in [0.5, 0.6) is 0 Å². The van der Waals surface area contributed by atoms with Crippen molar-refractivity contribution in [2.24, 2.45) is 0 Å². The molecule has 24 heavy (non-hydrogen) atoms. The van der Waals surface area contributed by atoms with E-state index in [0.717, 1.165) is 70.6 Å². The Morgan fingerprint density at radius 2 is 2.04 bits per heavy atom. The number of carbonyl (C=O) groups is 1. The molecular weight excluding hydrogens is 308 g/mol. The third-order valence-corrected chi connectivity index (χ3v) is 5.09. The lowest BCUT2D eigenvalue weighted by atomic mass is 10.2. The Labute approximate surface area is 142 Å². The van der Waals surface area contributed by atoms with Crippen LogP contribution in [0.1, 0.15) is 56.2 Å². The summed E-state index contributed by atoms with van der Waals surface area (Å²) in [5.41, 5.74) is 0. The van der Waals surface area contributed by atoms with Gasteiger partial charge in [0.05, 0.1) is 19.2 Å². The van der Waals surface area contributed by atoms with Gasteiger partial charge < -0.3 is 14.2 Å². The molecule has 7 nitrogen and oxygen atoms in total. The van der Waals surface area contributed by atoms with Crippen molar-refractivity contribution in [1.29, 1.82) is 0 Å². The number of rotatable bonds is 7. The third-order valence-electron chi connectivity index (χ3n) is 5.09. The quantitative estimate of drug-likeness (QED) is 0.753. The normalized spacial score (nSPS) is 24.2. The van der Waals surface area contributed by atoms with Gasteiger partial charge in [-0.2, -0.15) is 4.98 Å². The molecule has 7 heteroatoms. The molecule has 132 valence electrons. The van der Waals surface area contributed by atoms with E-state index in [1.165, 1.54) is 0 Å². The van der Waals surface area contributed by atoms with Crippen molar-refractivity contribution in [3.8, 4) is 0 Å². The minimum Gasteiger partial charge on any atom is -0.377 e. The SMILES string of the molecule is O=C(CN(Cc1nc(C2CC2)no1)C[C@H]1CCCO1)N1CCCC1. The van der Waals surface area contributed by atoms with Crippen molar-refractivity contribution in [3.05, 3.63) is 11.7 Å². The van der Waals surface area contributed by atoms with Crippen molar-refractivity contribution < 1.29 is 14.1 Å². The van der Waals surface area contributed by atoms with E-state index >= 15 is 0 Å². The molecule has 1 amide bonds. The zero-order valence-corrected chi connectivity index (χ0v) is 14.2. The Bertz CT molecular complexity index is 560. The predicted molar refractivity (Wildman–Crippen MR) is 86.3 cm³/mol. The summed E-state index contributed by atoms with van der Waals surface area (Å²) >= 11 is 0. The van der Waals surface area contributed by atoms with E-state index in [9.17, 15) is 4.79 Å². The lowest BCUT2D eigenvalue weighted by Crippen LogP contribution is -2.41. The van der Waals surface area contributed by atoms with Crippen molar-refractivity contribution in [1.82, 2.24) is 19.9 Å². The molecule has 3 fully saturated rings. The van der Waals surface area contributed by atoms with Gasteiger partial charge in [-0.3, -0.25) is 9.69 Å². The molecule has 1 aromatic rings. The molecule has 0 N–H and O–H groups in total. The minimum absolute atomic E-state index is 0.201. The Morgan fingerprint density at radius 3 is 2.75 bits per heavy atom. The number of likely N-dealkylation sites (tertiary alicyclic amines) is 1. The zero-order chi connectivity index (χ0) is 16.4. The maximum absolute atomic E-state index is 12.5. The van der Waals surface area contributed by atoms with Gasteiger partial charge in [0.15, 0.2) is 5.82 Å². The Kier molecular flexibility index (Phi) is 4.80. The van der Waals surface area contributed by atoms with E-state index < -0.39 is 0 Å². The molecular formula is C17H26N4O3. The van der Waals surface area contributed by atoms with Gasteiger partial charge in [-0.1, -0.05) is 5.16 Å². The van der Waals surface area contributed by atoms with Crippen molar-refractivity contribution in [3.63, 3.8) is 0 Å². The number of amides is 1. The maximum atomic E-state index is 12.5. The van der Waals surface area contributed by atoms with E-state index in [1.54, 1.807) is 0 Å². The highest BCUT2D eigenvalue weighted by atomic mass is 16.5. The van der Waals surface area contributed by atoms with Crippen LogP contribution in [-0.4, -0.2) is 64.7 Å². The average molecular weight is 334 g/mol. The summed E-state index contributed by atoms with van der Waals surface area (Å²) in [5.74, 6) is 2.13. The van der Waals surface area contributed by atoms with E-state index in [2.05, 4.69) is 15.0 Å². The van der Waals surface area contributed by atoms with Crippen LogP contribution in [0.2, 0.25) is 0 Å². The Morgan fingerprint density at radius 1 is 1.21 bits per heavy atom. The molecule has 3 heterocycles. The number of aromatic nitrogens is 2. The lowest BCUT2D eigenvalue weighted by molar-refractivity contribution is -0.131. The molecule has 1 aliphatic carbocycles. The molecule has 4 rings (SSSR count). The smallest absolute Gasteiger partial charge is 0.240 e. The van der Waals surface area contributed by atoms with Gasteiger partial charge in [-0.15, -0.1) is 0 Å². The van der Waals surface area contributed by atoms with E-state index in [1.807, 2.05) is 4.90 Å². The molecule has 1 saturated carbocycles. The second kappa shape index (κ2) is 7.19. The number of nitrogens with zero attached hydrogens (tertiary/aromatic N) is 4. The van der Waals surface area contributed by atoms with Gasteiger partial charge in [0, 0.05) is 32.2 Å². The summed E-state index contributed by atoms with van der Waals surface area (Å²) in [6, 6.07) is 0. The molecule has 3 aliphatic rings. The van der Waals surface area contributed by atoms with Crippen LogP contribution in [0.15, 0.2) is 4.52 Å². The highest BCUT2D eigenvalue weighted by Crippen LogP contribution is 2.38. The first-order chi connectivity index (χ1) is 11.8. The highest BCUT2D eigenvalue weighted by Gasteiger charge is 2.30. The van der Waals surface area contributed by atoms with E-state index in [0.29, 0.717) is 24.9 Å². The van der Waals surface area contributed by atoms with Gasteiger partial charge in [-0.05, 0) is 38.5 Å². The van der Waals surface area contributed by atoms with E-state index in [-0.39, 0.29) is 12.0 Å². The van der Waals surface area contributed by atoms with Gasteiger partial charge >= 0.3 is 0 Å². The summed E-state index contributed by atoms with van der Waals surface area (Å²) in [5, 5.41) is 4.08. The zero-order valence-electron chi connectivity index (χ0n) is 14.2. The van der Waals surface area contributed by atoms with Crippen LogP contribution in [-0.2, 0) is 16.1 Å². The second-order valence-corrected chi connectivity index (χ2v) is 7.21. The van der Waals surface area contributed by atoms with Crippen LogP contribution in [0.4, 0.5) is 0 Å². The first-order valence-electron chi connectivity index (χ1n) is 9.22. The molecule has 1 atom stereocenters. The first kappa shape index (κ1) is 16.0. The van der Waals surface area contributed by atoms with Crippen LogP contribution in [0.3, 0.4) is 0 Å². The molecule has 0 unspecified atom stereocenters. The van der Waals surface area contributed by atoms with Crippen LogP contribution in [0.25, 0.3) is 0 Å². The van der Waals surface area contributed by atoms with Gasteiger partial charge in [0.1, 0.15) is 0 Å². The van der Waals surface area contributed by atoms with Crippen molar-refractivity contribution in [2.45, 2.75) is 57.1 Å². The van der Waals surface area contributed by atoms with Crippen molar-refractivity contribution in [2.75, 3.05) is 32.8 Å². The van der Waals surface area contributed by atoms with Crippen LogP contribution in [0, 0.1) is 0 Å². The molecule has 0 spiro atoms. The lowest BCUT2D eigenvalue weighted by Gasteiger charge is -2.25. The fourth-order valence-corrected chi connectivity index (χ4v) is 3.55. The highest BCUT2D eigenvalue weighted by molar-refractivity contribution is 5.78.